The van der Waals surface area contributed by atoms with Crippen LogP contribution in [0.5, 0.6) is 0 Å². The van der Waals surface area contributed by atoms with E-state index in [2.05, 4.69) is 5.43 Å². The summed E-state index contributed by atoms with van der Waals surface area (Å²) in [5.74, 6) is 5.17. The van der Waals surface area contributed by atoms with Gasteiger partial charge in [0.05, 0.1) is 6.10 Å². The molecule has 0 saturated heterocycles. The Hall–Kier alpha value is -0.160. The zero-order chi connectivity index (χ0) is 9.35. The van der Waals surface area contributed by atoms with Crippen molar-refractivity contribution >= 4 is 0 Å². The molecule has 1 rings (SSSR count). The van der Waals surface area contributed by atoms with Gasteiger partial charge in [-0.15, -0.1) is 0 Å². The van der Waals surface area contributed by atoms with E-state index >= 15 is 0 Å². The molecule has 3 atom stereocenters. The van der Waals surface area contributed by atoms with Crippen molar-refractivity contribution in [3.05, 3.63) is 0 Å². The Morgan fingerprint density at radius 2 is 2.17 bits per heavy atom. The number of hydrogen-bond acceptors (Lipinski definition) is 4. The van der Waals surface area contributed by atoms with Crippen molar-refractivity contribution in [1.82, 2.24) is 5.43 Å². The quantitative estimate of drug-likeness (QED) is 0.260. The lowest BCUT2D eigenvalue weighted by Crippen LogP contribution is -2.40. The number of hydrogen-bond donors (Lipinski definition) is 4. The SMILES string of the molecule is CC1(C)CC(C(O)NN)CC1O. The summed E-state index contributed by atoms with van der Waals surface area (Å²) in [5.41, 5.74) is 2.21. The Kier molecular flexibility index (Phi) is 2.73. The van der Waals surface area contributed by atoms with Crippen molar-refractivity contribution < 1.29 is 10.2 Å². The molecule has 1 fully saturated rings. The Bertz CT molecular complexity index is 161. The van der Waals surface area contributed by atoms with E-state index in [1.807, 2.05) is 13.8 Å². The van der Waals surface area contributed by atoms with Crippen LogP contribution in [0.2, 0.25) is 0 Å². The molecule has 1 aliphatic rings. The standard InChI is InChI=1S/C8H18N2O2/c1-8(2)4-5(3-6(8)11)7(12)10-9/h5-7,10-12H,3-4,9H2,1-2H3. The van der Waals surface area contributed by atoms with E-state index in [0.29, 0.717) is 6.42 Å². The van der Waals surface area contributed by atoms with Gasteiger partial charge in [-0.1, -0.05) is 13.8 Å². The fraction of sp³-hybridized carbons (Fsp3) is 1.00. The second-order valence-electron chi connectivity index (χ2n) is 4.32. The Balaban J connectivity index is 2.54. The van der Waals surface area contributed by atoms with Gasteiger partial charge < -0.3 is 10.2 Å². The third-order valence-electron chi connectivity index (χ3n) is 2.83. The monoisotopic (exact) mass is 174 g/mol. The normalized spacial score (nSPS) is 36.8. The lowest BCUT2D eigenvalue weighted by Gasteiger charge is -2.22. The molecule has 0 aromatic heterocycles. The largest absolute Gasteiger partial charge is 0.393 e. The number of rotatable bonds is 2. The molecule has 0 heterocycles. The topological polar surface area (TPSA) is 78.5 Å². The van der Waals surface area contributed by atoms with Crippen LogP contribution in [0.4, 0.5) is 0 Å². The van der Waals surface area contributed by atoms with Crippen LogP contribution in [0.3, 0.4) is 0 Å². The van der Waals surface area contributed by atoms with Crippen LogP contribution >= 0.6 is 0 Å². The van der Waals surface area contributed by atoms with E-state index in [1.165, 1.54) is 0 Å². The maximum absolute atomic E-state index is 9.59. The molecule has 0 aromatic carbocycles. The highest BCUT2D eigenvalue weighted by molar-refractivity contribution is 4.91. The van der Waals surface area contributed by atoms with Crippen LogP contribution in [0.25, 0.3) is 0 Å². The lowest BCUT2D eigenvalue weighted by atomic mass is 9.88. The third kappa shape index (κ3) is 1.77. The summed E-state index contributed by atoms with van der Waals surface area (Å²) in [6.07, 6.45) is 0.407. The number of nitrogens with two attached hydrogens (primary N) is 1. The third-order valence-corrected chi connectivity index (χ3v) is 2.83. The van der Waals surface area contributed by atoms with Gasteiger partial charge in [-0.2, -0.15) is 0 Å². The van der Waals surface area contributed by atoms with Gasteiger partial charge in [-0.05, 0) is 18.3 Å². The van der Waals surface area contributed by atoms with Gasteiger partial charge in [0.15, 0.2) is 0 Å². The summed E-state index contributed by atoms with van der Waals surface area (Å²) in [5, 5.41) is 19.0. The zero-order valence-corrected chi connectivity index (χ0v) is 7.62. The first-order valence-electron chi connectivity index (χ1n) is 4.29. The maximum Gasteiger partial charge on any atom is 0.119 e. The molecule has 1 aliphatic carbocycles. The van der Waals surface area contributed by atoms with Crippen molar-refractivity contribution in [2.24, 2.45) is 17.2 Å². The summed E-state index contributed by atoms with van der Waals surface area (Å²) < 4.78 is 0. The van der Waals surface area contributed by atoms with Gasteiger partial charge in [0.25, 0.3) is 0 Å². The van der Waals surface area contributed by atoms with E-state index < -0.39 is 6.23 Å². The van der Waals surface area contributed by atoms with Crippen molar-refractivity contribution in [3.8, 4) is 0 Å². The van der Waals surface area contributed by atoms with Crippen LogP contribution < -0.4 is 11.3 Å². The van der Waals surface area contributed by atoms with Gasteiger partial charge in [0, 0.05) is 5.92 Å². The predicted octanol–water partition coefficient (Wildman–Crippen LogP) is -0.435. The molecular weight excluding hydrogens is 156 g/mol. The fourth-order valence-corrected chi connectivity index (χ4v) is 1.88. The highest BCUT2D eigenvalue weighted by Crippen LogP contribution is 2.41. The zero-order valence-electron chi connectivity index (χ0n) is 7.62. The molecule has 0 spiro atoms. The first-order valence-corrected chi connectivity index (χ1v) is 4.29. The summed E-state index contributed by atoms with van der Waals surface area (Å²) in [6, 6.07) is 0. The van der Waals surface area contributed by atoms with Crippen molar-refractivity contribution in [2.75, 3.05) is 0 Å². The van der Waals surface area contributed by atoms with E-state index in [0.717, 1.165) is 6.42 Å². The van der Waals surface area contributed by atoms with Crippen LogP contribution in [0.1, 0.15) is 26.7 Å². The average Bonchev–Trinajstić information content (AvgIpc) is 2.25. The number of aliphatic hydroxyl groups excluding tert-OH is 2. The van der Waals surface area contributed by atoms with E-state index in [4.69, 9.17) is 5.84 Å². The minimum atomic E-state index is -0.693. The highest BCUT2D eigenvalue weighted by Gasteiger charge is 2.41. The molecule has 5 N–H and O–H groups in total. The molecule has 0 aromatic rings. The minimum Gasteiger partial charge on any atom is -0.393 e. The second-order valence-corrected chi connectivity index (χ2v) is 4.32. The summed E-state index contributed by atoms with van der Waals surface area (Å²) in [6.45, 7) is 4.00. The van der Waals surface area contributed by atoms with Crippen molar-refractivity contribution in [3.63, 3.8) is 0 Å². The molecule has 0 amide bonds. The van der Waals surface area contributed by atoms with Gasteiger partial charge >= 0.3 is 0 Å². The molecule has 0 bridgehead atoms. The molecule has 72 valence electrons. The van der Waals surface area contributed by atoms with Crippen LogP contribution in [0, 0.1) is 11.3 Å². The van der Waals surface area contributed by atoms with Crippen LogP contribution in [-0.4, -0.2) is 22.5 Å². The first kappa shape index (κ1) is 9.92. The summed E-state index contributed by atoms with van der Waals surface area (Å²) >= 11 is 0. The van der Waals surface area contributed by atoms with Crippen LogP contribution in [-0.2, 0) is 0 Å². The van der Waals surface area contributed by atoms with Gasteiger partial charge in [-0.3, -0.25) is 5.84 Å². The van der Waals surface area contributed by atoms with E-state index in [-0.39, 0.29) is 17.4 Å². The molecule has 3 unspecified atom stereocenters. The number of aliphatic hydroxyl groups is 2. The lowest BCUT2D eigenvalue weighted by molar-refractivity contribution is 0.0670. The van der Waals surface area contributed by atoms with Gasteiger partial charge in [-0.25, -0.2) is 5.43 Å². The van der Waals surface area contributed by atoms with Crippen molar-refractivity contribution in [1.29, 1.82) is 0 Å². The van der Waals surface area contributed by atoms with E-state index in [9.17, 15) is 10.2 Å². The number of nitrogens with one attached hydrogen (secondary N) is 1. The molecule has 12 heavy (non-hydrogen) atoms. The van der Waals surface area contributed by atoms with E-state index in [1.54, 1.807) is 0 Å². The summed E-state index contributed by atoms with van der Waals surface area (Å²) in [4.78, 5) is 0. The molecule has 1 saturated carbocycles. The second kappa shape index (κ2) is 3.30. The Morgan fingerprint density at radius 1 is 1.58 bits per heavy atom. The first-order chi connectivity index (χ1) is 5.47. The Morgan fingerprint density at radius 3 is 2.50 bits per heavy atom. The number of hydrazine groups is 1. The van der Waals surface area contributed by atoms with Gasteiger partial charge in [0.2, 0.25) is 0 Å². The molecular formula is C8H18N2O2. The maximum atomic E-state index is 9.59. The smallest absolute Gasteiger partial charge is 0.119 e. The van der Waals surface area contributed by atoms with Crippen molar-refractivity contribution in [2.45, 2.75) is 39.0 Å². The predicted molar refractivity (Wildman–Crippen MR) is 45.8 cm³/mol. The minimum absolute atomic E-state index is 0.0694. The highest BCUT2D eigenvalue weighted by atomic mass is 16.3. The Labute approximate surface area is 72.7 Å². The molecule has 0 radical (unpaired) electrons. The summed E-state index contributed by atoms with van der Waals surface area (Å²) in [7, 11) is 0. The molecule has 4 nitrogen and oxygen atoms in total. The molecule has 4 heteroatoms. The van der Waals surface area contributed by atoms with Gasteiger partial charge in [0.1, 0.15) is 6.23 Å². The average molecular weight is 174 g/mol. The van der Waals surface area contributed by atoms with Crippen LogP contribution in [0.15, 0.2) is 0 Å². The fourth-order valence-electron chi connectivity index (χ4n) is 1.88. The molecule has 0 aliphatic heterocycles.